The molecule has 0 radical (unpaired) electrons. The van der Waals surface area contributed by atoms with Crippen LogP contribution in [0.3, 0.4) is 0 Å². The van der Waals surface area contributed by atoms with Crippen molar-refractivity contribution >= 4 is 0 Å². The van der Waals surface area contributed by atoms with Gasteiger partial charge in [-0.3, -0.25) is 0 Å². The second-order valence-electron chi connectivity index (χ2n) is 14.0. The van der Waals surface area contributed by atoms with Crippen molar-refractivity contribution in [1.29, 1.82) is 0 Å². The number of hydrogen-bond donors (Lipinski definition) is 17. The second-order valence-corrected chi connectivity index (χ2v) is 14.0. The van der Waals surface area contributed by atoms with Gasteiger partial charge in [0.15, 0.2) is 31.5 Å². The third-order valence-corrected chi connectivity index (χ3v) is 10.3. The summed E-state index contributed by atoms with van der Waals surface area (Å²) in [6.45, 7) is -4.05. The van der Waals surface area contributed by atoms with Gasteiger partial charge in [-0.25, -0.2) is 0 Å². The minimum atomic E-state index is -2.05. The zero-order valence-electron chi connectivity index (χ0n) is 29.2. The number of ether oxygens (including phenoxy) is 9. The van der Waals surface area contributed by atoms with Crippen LogP contribution in [0.1, 0.15) is 0 Å². The summed E-state index contributed by atoms with van der Waals surface area (Å²) in [6, 6.07) is 0. The Labute approximate surface area is 316 Å². The third-order valence-electron chi connectivity index (χ3n) is 10.3. The van der Waals surface area contributed by atoms with Crippen molar-refractivity contribution in [2.75, 3.05) is 33.0 Å². The molecule has 0 bridgehead atoms. The fourth-order valence-corrected chi connectivity index (χ4v) is 6.82. The van der Waals surface area contributed by atoms with Crippen molar-refractivity contribution in [1.82, 2.24) is 0 Å². The maximum absolute atomic E-state index is 11.0. The van der Waals surface area contributed by atoms with Crippen molar-refractivity contribution in [3.8, 4) is 0 Å². The maximum Gasteiger partial charge on any atom is 0.187 e. The zero-order chi connectivity index (χ0) is 41.3. The van der Waals surface area contributed by atoms with Gasteiger partial charge in [0.1, 0.15) is 122 Å². The van der Waals surface area contributed by atoms with E-state index in [0.29, 0.717) is 0 Å². The van der Waals surface area contributed by atoms with Crippen LogP contribution in [-0.4, -0.2) is 273 Å². The molecule has 0 saturated carbocycles. The van der Waals surface area contributed by atoms with Gasteiger partial charge in [-0.15, -0.1) is 0 Å². The van der Waals surface area contributed by atoms with Crippen molar-refractivity contribution < 1.29 is 129 Å². The van der Waals surface area contributed by atoms with Crippen molar-refractivity contribution in [3.05, 3.63) is 0 Å². The van der Waals surface area contributed by atoms with E-state index in [1.165, 1.54) is 0 Å². The molecule has 5 fully saturated rings. The van der Waals surface area contributed by atoms with E-state index in [2.05, 4.69) is 0 Å². The van der Waals surface area contributed by atoms with Gasteiger partial charge in [-0.2, -0.15) is 0 Å². The van der Waals surface area contributed by atoms with Crippen LogP contribution in [0.2, 0.25) is 0 Å². The molecule has 0 aliphatic carbocycles. The molecule has 0 aromatic carbocycles. The van der Waals surface area contributed by atoms with E-state index in [0.717, 1.165) is 0 Å². The smallest absolute Gasteiger partial charge is 0.187 e. The Bertz CT molecular complexity index is 1200. The number of aliphatic hydroxyl groups excluding tert-OH is 17. The molecule has 0 spiro atoms. The van der Waals surface area contributed by atoms with Crippen LogP contribution in [0.4, 0.5) is 0 Å². The summed E-state index contributed by atoms with van der Waals surface area (Å²) in [7, 11) is 0. The van der Waals surface area contributed by atoms with Crippen LogP contribution in [0.15, 0.2) is 0 Å². The summed E-state index contributed by atoms with van der Waals surface area (Å²) in [6.07, 6.45) is -44.7. The van der Waals surface area contributed by atoms with Gasteiger partial charge in [0, 0.05) is 0 Å². The lowest BCUT2D eigenvalue weighted by Crippen LogP contribution is -2.66. The van der Waals surface area contributed by atoms with Crippen LogP contribution < -0.4 is 0 Å². The maximum atomic E-state index is 11.0. The molecule has 328 valence electrons. The average molecular weight is 829 g/mol. The van der Waals surface area contributed by atoms with Gasteiger partial charge in [0.2, 0.25) is 0 Å². The van der Waals surface area contributed by atoms with E-state index >= 15 is 0 Å². The SMILES string of the molecule is OC[C@H]1O[C@H](O[C@H]2[C@H](O)[C@@H](O)[C@@H](O[C@H]3[C@H](O)[C@@H](O)[C@H](OC[C@H]4O[C@H](OC[C@H]5OC(O)[C@H](O)[C@@H](O)[C@@H]5O)[C@H](O)[C@@H](O)[C@H]4O)O[C@@H]3CO)O[C@@H]2CO)[C@H](O)[C@@H](O)[C@@H]1O. The first-order chi connectivity index (χ1) is 26.4. The molecule has 5 aliphatic heterocycles. The molecule has 17 N–H and O–H groups in total. The summed E-state index contributed by atoms with van der Waals surface area (Å²) in [5.41, 5.74) is 0. The first-order valence-electron chi connectivity index (χ1n) is 17.6. The highest BCUT2D eigenvalue weighted by Gasteiger charge is 2.54. The van der Waals surface area contributed by atoms with Crippen LogP contribution in [0, 0.1) is 0 Å². The first-order valence-corrected chi connectivity index (χ1v) is 17.6. The topological polar surface area (TPSA) is 427 Å². The lowest BCUT2D eigenvalue weighted by atomic mass is 9.96. The van der Waals surface area contributed by atoms with E-state index in [1.807, 2.05) is 0 Å². The average Bonchev–Trinajstić information content (AvgIpc) is 3.19. The lowest BCUT2D eigenvalue weighted by Gasteiger charge is -2.48. The van der Waals surface area contributed by atoms with Gasteiger partial charge in [-0.1, -0.05) is 0 Å². The Morgan fingerprint density at radius 1 is 0.304 bits per heavy atom. The minimum Gasteiger partial charge on any atom is -0.394 e. The van der Waals surface area contributed by atoms with Gasteiger partial charge in [0.05, 0.1) is 33.0 Å². The zero-order valence-corrected chi connectivity index (χ0v) is 29.2. The molecule has 1 unspecified atom stereocenters. The summed E-state index contributed by atoms with van der Waals surface area (Å²) < 4.78 is 48.8. The highest BCUT2D eigenvalue weighted by Crippen LogP contribution is 2.33. The predicted octanol–water partition coefficient (Wildman–Crippen LogP) is -11.9. The van der Waals surface area contributed by atoms with Crippen molar-refractivity contribution in [2.45, 2.75) is 154 Å². The molecule has 0 aromatic rings. The summed E-state index contributed by atoms with van der Waals surface area (Å²) in [5.74, 6) is 0. The first kappa shape index (κ1) is 46.0. The minimum absolute atomic E-state index is 0.669. The van der Waals surface area contributed by atoms with Crippen LogP contribution >= 0.6 is 0 Å². The molecule has 0 amide bonds. The Kier molecular flexibility index (Phi) is 16.1. The van der Waals surface area contributed by atoms with Crippen molar-refractivity contribution in [3.63, 3.8) is 0 Å². The van der Waals surface area contributed by atoms with E-state index in [-0.39, 0.29) is 0 Å². The second kappa shape index (κ2) is 19.6. The van der Waals surface area contributed by atoms with Gasteiger partial charge < -0.3 is 129 Å². The molecule has 5 heterocycles. The lowest BCUT2D eigenvalue weighted by molar-refractivity contribution is -0.381. The molecule has 5 saturated heterocycles. The summed E-state index contributed by atoms with van der Waals surface area (Å²) in [4.78, 5) is 0. The molecule has 5 rings (SSSR count). The number of rotatable bonds is 13. The highest BCUT2D eigenvalue weighted by atomic mass is 16.8. The van der Waals surface area contributed by atoms with Crippen molar-refractivity contribution in [2.24, 2.45) is 0 Å². The molecule has 0 aromatic heterocycles. The monoisotopic (exact) mass is 828 g/mol. The Hall–Kier alpha value is -1.04. The normalized spacial score (nSPS) is 53.2. The molecule has 5 aliphatic rings. The van der Waals surface area contributed by atoms with Crippen LogP contribution in [-0.2, 0) is 42.6 Å². The van der Waals surface area contributed by atoms with Gasteiger partial charge in [-0.05, 0) is 0 Å². The molecule has 56 heavy (non-hydrogen) atoms. The summed E-state index contributed by atoms with van der Waals surface area (Å²) >= 11 is 0. The van der Waals surface area contributed by atoms with E-state index in [1.54, 1.807) is 0 Å². The van der Waals surface area contributed by atoms with E-state index in [9.17, 15) is 86.8 Å². The standard InChI is InChI=1S/C30H52O26/c31-1-6-11(34)15(38)21(44)29(51-6)55-25-8(3-33)53-30(23(46)18(25)41)56-24-7(2-32)52-28(22(45)17(24)40)49-5-10-13(36)16(39)20(43)27(54-10)48-4-9-12(35)14(37)19(42)26(47)50-9/h6-47H,1-5H2/t6-,7-,8-,9-,10-,11-,12-,13+,14+,15+,16+,17-,18-,19-,20-,21-,22-,23-,24-,25-,26?,27+,28-,29-,30-/m1/s1. The third kappa shape index (κ3) is 9.46. The van der Waals surface area contributed by atoms with Gasteiger partial charge >= 0.3 is 0 Å². The number of hydrogen-bond acceptors (Lipinski definition) is 26. The highest BCUT2D eigenvalue weighted by molar-refractivity contribution is 4.97. The Morgan fingerprint density at radius 3 is 1.09 bits per heavy atom. The van der Waals surface area contributed by atoms with Crippen LogP contribution in [0.5, 0.6) is 0 Å². The number of aliphatic hydroxyl groups is 17. The fraction of sp³-hybridized carbons (Fsp3) is 1.00. The molecular weight excluding hydrogens is 776 g/mol. The molecule has 26 nitrogen and oxygen atoms in total. The molecule has 26 heteroatoms. The van der Waals surface area contributed by atoms with Gasteiger partial charge in [0.25, 0.3) is 0 Å². The summed E-state index contributed by atoms with van der Waals surface area (Å²) in [5, 5.41) is 174. The largest absolute Gasteiger partial charge is 0.394 e. The Morgan fingerprint density at radius 2 is 0.625 bits per heavy atom. The van der Waals surface area contributed by atoms with E-state index < -0.39 is 187 Å². The van der Waals surface area contributed by atoms with Crippen LogP contribution in [0.25, 0.3) is 0 Å². The molecular formula is C30H52O26. The Balaban J connectivity index is 1.17. The molecule has 25 atom stereocenters. The quantitative estimate of drug-likeness (QED) is 0.0819. The predicted molar refractivity (Wildman–Crippen MR) is 167 cm³/mol. The van der Waals surface area contributed by atoms with E-state index in [4.69, 9.17) is 42.6 Å². The fourth-order valence-electron chi connectivity index (χ4n) is 6.82.